The second kappa shape index (κ2) is 9.42. The minimum absolute atomic E-state index is 0.0152. The van der Waals surface area contributed by atoms with Crippen LogP contribution in [0.1, 0.15) is 33.9 Å². The monoisotopic (exact) mass is 550 g/mol. The van der Waals surface area contributed by atoms with Gasteiger partial charge in [0, 0.05) is 18.6 Å². The molecule has 2 aromatic rings. The van der Waals surface area contributed by atoms with Crippen molar-refractivity contribution in [2.24, 2.45) is 5.92 Å². The molecule has 0 bridgehead atoms. The summed E-state index contributed by atoms with van der Waals surface area (Å²) in [6, 6.07) is 6.76. The minimum Gasteiger partial charge on any atom is -0.496 e. The zero-order valence-electron chi connectivity index (χ0n) is 20.5. The number of carbonyl (C=O) groups excluding carboxylic acids is 2. The molecule has 2 fully saturated rings. The molecule has 2 saturated heterocycles. The zero-order valence-corrected chi connectivity index (χ0v) is 21.3. The molecular weight excluding hydrogens is 525 g/mol. The van der Waals surface area contributed by atoms with E-state index in [0.29, 0.717) is 25.2 Å². The van der Waals surface area contributed by atoms with E-state index < -0.39 is 45.5 Å². The number of alkyl halides is 3. The highest BCUT2D eigenvalue weighted by Gasteiger charge is 2.50. The maximum atomic E-state index is 13.7. The Balaban J connectivity index is 1.40. The third kappa shape index (κ3) is 4.90. The fourth-order valence-corrected chi connectivity index (χ4v) is 5.52. The predicted octanol–water partition coefficient (Wildman–Crippen LogP) is 3.14. The van der Waals surface area contributed by atoms with Crippen molar-refractivity contribution in [3.8, 4) is 5.75 Å². The van der Waals surface area contributed by atoms with E-state index in [0.717, 1.165) is 24.0 Å². The number of likely N-dealkylation sites (tertiary alicyclic amines) is 1. The Morgan fingerprint density at radius 3 is 2.37 bits per heavy atom. The number of hydrogen-bond donors (Lipinski definition) is 1. The van der Waals surface area contributed by atoms with Gasteiger partial charge in [-0.1, -0.05) is 18.2 Å². The van der Waals surface area contributed by atoms with Gasteiger partial charge in [0.2, 0.25) is 5.91 Å². The molecule has 0 unspecified atom stereocenters. The van der Waals surface area contributed by atoms with Gasteiger partial charge >= 0.3 is 6.18 Å². The third-order valence-electron chi connectivity index (χ3n) is 7.10. The number of benzene rings is 2. The van der Waals surface area contributed by atoms with Crippen molar-refractivity contribution in [2.75, 3.05) is 26.6 Å². The first-order valence-electron chi connectivity index (χ1n) is 11.8. The molecule has 5 rings (SSSR count). The molecule has 3 aliphatic rings. The lowest BCUT2D eigenvalue weighted by Crippen LogP contribution is -2.51. The Morgan fingerprint density at radius 1 is 1.13 bits per heavy atom. The zero-order chi connectivity index (χ0) is 27.4. The summed E-state index contributed by atoms with van der Waals surface area (Å²) in [7, 11) is -2.25. The van der Waals surface area contributed by atoms with Crippen LogP contribution in [-0.4, -0.2) is 63.8 Å². The molecule has 38 heavy (non-hydrogen) atoms. The summed E-state index contributed by atoms with van der Waals surface area (Å²) in [5.74, 6) is -0.979. The minimum atomic E-state index is -4.48. The number of carbonyl (C=O) groups is 2. The van der Waals surface area contributed by atoms with Gasteiger partial charge in [-0.25, -0.2) is 8.42 Å². The van der Waals surface area contributed by atoms with Crippen molar-refractivity contribution >= 4 is 21.7 Å². The highest BCUT2D eigenvalue weighted by molar-refractivity contribution is 7.90. The summed E-state index contributed by atoms with van der Waals surface area (Å²) >= 11 is 0. The van der Waals surface area contributed by atoms with Gasteiger partial charge in [-0.3, -0.25) is 9.59 Å². The van der Waals surface area contributed by atoms with Crippen LogP contribution in [0.15, 0.2) is 59.0 Å². The summed E-state index contributed by atoms with van der Waals surface area (Å²) in [4.78, 5) is 28.5. The highest BCUT2D eigenvalue weighted by Crippen LogP contribution is 2.43. The third-order valence-corrected chi connectivity index (χ3v) is 8.21. The largest absolute Gasteiger partial charge is 0.496 e. The van der Waals surface area contributed by atoms with Crippen molar-refractivity contribution in [3.63, 3.8) is 0 Å². The SMILES string of the molecule is COc1ccc(S(C)(=O)=O)cc1C(=O)N1[C@@H]2C=C2C[C@@H]1C(=O)N[C@@H](c1ccc(C(F)(F)F)cc1)C1COC1. The number of ether oxygens (including phenoxy) is 2. The lowest BCUT2D eigenvalue weighted by Gasteiger charge is -2.36. The molecule has 1 aliphatic carbocycles. The number of nitrogens with one attached hydrogen (secondary N) is 1. The molecule has 0 radical (unpaired) electrons. The molecule has 0 saturated carbocycles. The van der Waals surface area contributed by atoms with Crippen LogP contribution in [-0.2, 0) is 25.5 Å². The quantitative estimate of drug-likeness (QED) is 0.532. The molecular formula is C26H25F3N2O6S. The van der Waals surface area contributed by atoms with Gasteiger partial charge in [0.1, 0.15) is 11.8 Å². The number of halogens is 3. The van der Waals surface area contributed by atoms with Crippen LogP contribution in [0.3, 0.4) is 0 Å². The number of amides is 2. The highest BCUT2D eigenvalue weighted by atomic mass is 32.2. The van der Waals surface area contributed by atoms with Crippen LogP contribution in [0.2, 0.25) is 0 Å². The first-order valence-corrected chi connectivity index (χ1v) is 13.7. The number of hydrogen-bond acceptors (Lipinski definition) is 6. The van der Waals surface area contributed by atoms with Crippen molar-refractivity contribution in [1.82, 2.24) is 10.2 Å². The topological polar surface area (TPSA) is 102 Å². The van der Waals surface area contributed by atoms with Crippen LogP contribution >= 0.6 is 0 Å². The van der Waals surface area contributed by atoms with Gasteiger partial charge in [0.25, 0.3) is 5.91 Å². The van der Waals surface area contributed by atoms with E-state index in [1.165, 1.54) is 42.3 Å². The van der Waals surface area contributed by atoms with Crippen molar-refractivity contribution in [1.29, 1.82) is 0 Å². The molecule has 2 amide bonds. The number of rotatable bonds is 7. The van der Waals surface area contributed by atoms with E-state index in [9.17, 15) is 31.2 Å². The van der Waals surface area contributed by atoms with E-state index in [4.69, 9.17) is 9.47 Å². The van der Waals surface area contributed by atoms with Gasteiger partial charge in [-0.15, -0.1) is 0 Å². The first kappa shape index (κ1) is 26.2. The Labute approximate surface area is 217 Å². The van der Waals surface area contributed by atoms with E-state index in [1.807, 2.05) is 6.08 Å². The maximum absolute atomic E-state index is 13.7. The summed E-state index contributed by atoms with van der Waals surface area (Å²) in [5.41, 5.74) is 0.639. The van der Waals surface area contributed by atoms with E-state index in [1.54, 1.807) is 0 Å². The second-order valence-electron chi connectivity index (χ2n) is 9.66. The number of nitrogens with zero attached hydrogens (tertiary/aromatic N) is 1. The van der Waals surface area contributed by atoms with Gasteiger partial charge in [-0.05, 0) is 41.5 Å². The average molecular weight is 551 g/mol. The molecule has 0 spiro atoms. The van der Waals surface area contributed by atoms with Gasteiger partial charge in [-0.2, -0.15) is 13.2 Å². The van der Waals surface area contributed by atoms with E-state index in [-0.39, 0.29) is 28.2 Å². The fourth-order valence-electron chi connectivity index (χ4n) is 4.88. The maximum Gasteiger partial charge on any atom is 0.416 e. The Morgan fingerprint density at radius 2 is 1.82 bits per heavy atom. The Kier molecular flexibility index (Phi) is 6.50. The average Bonchev–Trinajstić information content (AvgIpc) is 3.49. The number of methoxy groups -OCH3 is 1. The van der Waals surface area contributed by atoms with E-state index in [2.05, 4.69) is 5.32 Å². The summed E-state index contributed by atoms with van der Waals surface area (Å²) in [5, 5.41) is 2.93. The predicted molar refractivity (Wildman–Crippen MR) is 129 cm³/mol. The van der Waals surface area contributed by atoms with Gasteiger partial charge in [0.05, 0.1) is 48.4 Å². The molecule has 202 valence electrons. The lowest BCUT2D eigenvalue weighted by molar-refractivity contribution is -0.137. The fraction of sp³-hybridized carbons (Fsp3) is 0.385. The number of fused-ring (bicyclic) bond motifs is 1. The smallest absolute Gasteiger partial charge is 0.416 e. The molecule has 2 aliphatic heterocycles. The van der Waals surface area contributed by atoms with E-state index >= 15 is 0 Å². The molecule has 2 aromatic carbocycles. The van der Waals surface area contributed by atoms with Gasteiger partial charge < -0.3 is 19.7 Å². The summed E-state index contributed by atoms with van der Waals surface area (Å²) in [6.07, 6.45) is -1.30. The molecule has 0 aromatic heterocycles. The molecule has 3 atom stereocenters. The molecule has 1 N–H and O–H groups in total. The molecule has 12 heteroatoms. The van der Waals surface area contributed by atoms with Crippen molar-refractivity contribution in [2.45, 2.75) is 35.6 Å². The van der Waals surface area contributed by atoms with Crippen LogP contribution in [0.4, 0.5) is 13.2 Å². The standard InChI is InChI=1S/C26H25F3N2O6S/c1-36-22-8-7-18(38(2,34)35)11-19(22)25(33)31-20-9-15(20)10-21(31)24(32)30-23(16-12-37-13-16)14-3-5-17(6-4-14)26(27,28)29/h3-9,11,16,20-21,23H,10,12-13H2,1-2H3,(H,30,32)/t20-,21-,23+/m1/s1. The van der Waals surface area contributed by atoms with Crippen LogP contribution in [0, 0.1) is 5.92 Å². The van der Waals surface area contributed by atoms with Crippen LogP contribution in [0.5, 0.6) is 5.75 Å². The summed E-state index contributed by atoms with van der Waals surface area (Å²) in [6.45, 7) is 0.672. The van der Waals surface area contributed by atoms with Crippen molar-refractivity contribution < 1.29 is 40.7 Å². The van der Waals surface area contributed by atoms with Crippen LogP contribution < -0.4 is 10.1 Å². The molecule has 2 heterocycles. The number of sulfone groups is 1. The lowest BCUT2D eigenvalue weighted by atomic mass is 9.90. The normalized spacial score (nSPS) is 21.7. The van der Waals surface area contributed by atoms with Gasteiger partial charge in [0.15, 0.2) is 9.84 Å². The van der Waals surface area contributed by atoms with Crippen LogP contribution in [0.25, 0.3) is 0 Å². The Bertz CT molecular complexity index is 1420. The molecule has 8 nitrogen and oxygen atoms in total. The van der Waals surface area contributed by atoms with Crippen molar-refractivity contribution in [3.05, 3.63) is 70.8 Å². The summed E-state index contributed by atoms with van der Waals surface area (Å²) < 4.78 is 73.9. The first-order chi connectivity index (χ1) is 17.9. The second-order valence-corrected chi connectivity index (χ2v) is 11.7. The Hall–Kier alpha value is -3.38.